The van der Waals surface area contributed by atoms with E-state index >= 15 is 0 Å². The lowest BCUT2D eigenvalue weighted by Crippen LogP contribution is -1.99. The molecule has 29 heavy (non-hydrogen) atoms. The zero-order chi connectivity index (χ0) is 21.8. The first-order valence-electron chi connectivity index (χ1n) is 13.1. The molecule has 0 aromatic heterocycles. The number of hydrogen-bond acceptors (Lipinski definition) is 3. The molecule has 0 aliphatic heterocycles. The van der Waals surface area contributed by atoms with Crippen LogP contribution in [0.3, 0.4) is 0 Å². The molecule has 1 N–H and O–H groups in total. The van der Waals surface area contributed by atoms with Gasteiger partial charge in [-0.3, -0.25) is 0 Å². The number of hydrogen-bond donors (Lipinski definition) is 1. The summed E-state index contributed by atoms with van der Waals surface area (Å²) in [5, 5.41) is 8.10. The van der Waals surface area contributed by atoms with Gasteiger partial charge in [-0.05, 0) is 6.42 Å². The van der Waals surface area contributed by atoms with Crippen LogP contribution in [0.1, 0.15) is 162 Å². The van der Waals surface area contributed by atoms with Crippen molar-refractivity contribution in [3.63, 3.8) is 0 Å². The predicted molar refractivity (Wildman–Crippen MR) is 127 cm³/mol. The molecule has 0 unspecified atom stereocenters. The normalized spacial score (nSPS) is 10.5. The Hall–Kier alpha value is -0.570. The third-order valence-electron chi connectivity index (χ3n) is 5.54. The van der Waals surface area contributed by atoms with Gasteiger partial charge in [-0.1, -0.05) is 149 Å². The first-order valence-corrected chi connectivity index (χ1v) is 13.1. The highest BCUT2D eigenvalue weighted by molar-refractivity contribution is 5.68. The maximum atomic E-state index is 10.7. The summed E-state index contributed by atoms with van der Waals surface area (Å²) in [6, 6.07) is 0. The number of unbranched alkanes of at least 4 members (excludes halogenated alkanes) is 19. The van der Waals surface area contributed by atoms with E-state index in [9.17, 15) is 4.79 Å². The average Bonchev–Trinajstić information content (AvgIpc) is 2.74. The lowest BCUT2D eigenvalue weighted by molar-refractivity contribution is -0.234. The molecular weight excluding hydrogens is 360 g/mol. The monoisotopic (exact) mass is 414 g/mol. The van der Waals surface area contributed by atoms with E-state index in [1.807, 2.05) is 0 Å². The number of carbonyl (C=O) groups excluding carboxylic acids is 1. The smallest absolute Gasteiger partial charge is 0.301 e. The Balaban J connectivity index is 0. The maximum absolute atomic E-state index is 10.7. The third-order valence-corrected chi connectivity index (χ3v) is 5.54. The molecule has 0 saturated carbocycles. The average molecular weight is 415 g/mol. The van der Waals surface area contributed by atoms with Crippen LogP contribution in [0.2, 0.25) is 0 Å². The fraction of sp³-hybridized carbons (Fsp3) is 0.962. The van der Waals surface area contributed by atoms with Crippen molar-refractivity contribution in [3.05, 3.63) is 0 Å². The minimum absolute atomic E-state index is 0.342. The van der Waals surface area contributed by atoms with Crippen molar-refractivity contribution in [2.45, 2.75) is 162 Å². The van der Waals surface area contributed by atoms with E-state index in [1.54, 1.807) is 0 Å². The molecule has 0 aromatic carbocycles. The van der Waals surface area contributed by atoms with Crippen LogP contribution in [0.25, 0.3) is 0 Å². The van der Waals surface area contributed by atoms with Gasteiger partial charge in [0.05, 0.1) is 0 Å². The van der Waals surface area contributed by atoms with Gasteiger partial charge < -0.3 is 4.89 Å². The summed E-state index contributed by atoms with van der Waals surface area (Å²) in [5.74, 6) is -0.510. The lowest BCUT2D eigenvalue weighted by Gasteiger charge is -2.03. The van der Waals surface area contributed by atoms with Crippen molar-refractivity contribution in [2.75, 3.05) is 0 Å². The van der Waals surface area contributed by atoms with E-state index in [0.717, 1.165) is 12.8 Å². The minimum Gasteiger partial charge on any atom is -0.301 e. The van der Waals surface area contributed by atoms with Crippen LogP contribution in [-0.2, 0) is 9.68 Å². The third kappa shape index (κ3) is 32.3. The van der Waals surface area contributed by atoms with Crippen LogP contribution < -0.4 is 0 Å². The molecule has 0 bridgehead atoms. The van der Waals surface area contributed by atoms with Crippen molar-refractivity contribution in [1.82, 2.24) is 0 Å². The maximum Gasteiger partial charge on any atom is 0.342 e. The number of carbonyl (C=O) groups is 1. The highest BCUT2D eigenvalue weighted by Crippen LogP contribution is 2.13. The fourth-order valence-electron chi connectivity index (χ4n) is 3.54. The Labute approximate surface area is 183 Å². The zero-order valence-corrected chi connectivity index (χ0v) is 20.3. The highest BCUT2D eigenvalue weighted by atomic mass is 17.1. The summed E-state index contributed by atoms with van der Waals surface area (Å²) in [6.07, 6.45) is 28.5. The summed E-state index contributed by atoms with van der Waals surface area (Å²) in [4.78, 5) is 14.3. The van der Waals surface area contributed by atoms with Crippen molar-refractivity contribution < 1.29 is 14.9 Å². The van der Waals surface area contributed by atoms with Gasteiger partial charge >= 0.3 is 5.97 Å². The van der Waals surface area contributed by atoms with Gasteiger partial charge in [0.2, 0.25) is 0 Å². The van der Waals surface area contributed by atoms with Crippen LogP contribution in [-0.4, -0.2) is 11.2 Å². The van der Waals surface area contributed by atoms with Crippen molar-refractivity contribution in [3.8, 4) is 0 Å². The fourth-order valence-corrected chi connectivity index (χ4v) is 3.54. The van der Waals surface area contributed by atoms with Crippen LogP contribution in [0.4, 0.5) is 0 Å². The van der Waals surface area contributed by atoms with E-state index in [1.165, 1.54) is 122 Å². The summed E-state index contributed by atoms with van der Waals surface area (Å²) in [6.45, 7) is 6.78. The minimum atomic E-state index is -0.510. The van der Waals surface area contributed by atoms with Crippen molar-refractivity contribution >= 4 is 5.97 Å². The first-order chi connectivity index (χ1) is 14.2. The Morgan fingerprint density at radius 1 is 0.483 bits per heavy atom. The van der Waals surface area contributed by atoms with E-state index in [-0.39, 0.29) is 0 Å². The van der Waals surface area contributed by atoms with Crippen LogP contribution in [0.15, 0.2) is 0 Å². The molecule has 3 heteroatoms. The Kier molecular flexibility index (Phi) is 31.3. The molecule has 0 heterocycles. The molecule has 0 spiro atoms. The van der Waals surface area contributed by atoms with Gasteiger partial charge in [0.1, 0.15) is 0 Å². The summed E-state index contributed by atoms with van der Waals surface area (Å²) >= 11 is 0. The molecule has 176 valence electrons. The molecule has 0 aromatic rings. The topological polar surface area (TPSA) is 46.5 Å². The van der Waals surface area contributed by atoms with E-state index in [2.05, 4.69) is 25.7 Å². The van der Waals surface area contributed by atoms with Gasteiger partial charge in [-0.25, -0.2) is 4.79 Å². The first kappa shape index (κ1) is 30.6. The molecule has 0 aliphatic rings. The van der Waals surface area contributed by atoms with Gasteiger partial charge in [-0.15, -0.1) is 0 Å². The summed E-state index contributed by atoms with van der Waals surface area (Å²) in [5.41, 5.74) is 0. The van der Waals surface area contributed by atoms with Gasteiger partial charge in [0.15, 0.2) is 0 Å². The van der Waals surface area contributed by atoms with Crippen LogP contribution in [0.5, 0.6) is 0 Å². The Morgan fingerprint density at radius 3 is 0.966 bits per heavy atom. The molecule has 3 nitrogen and oxygen atoms in total. The van der Waals surface area contributed by atoms with E-state index in [0.29, 0.717) is 6.42 Å². The second kappa shape index (κ2) is 29.6. The molecule has 0 radical (unpaired) electrons. The SMILES string of the molecule is CCCCCCCC.CCCCCCCCCCCCCCCCCC(=O)OO. The summed E-state index contributed by atoms with van der Waals surface area (Å²) in [7, 11) is 0. The highest BCUT2D eigenvalue weighted by Gasteiger charge is 2.00. The van der Waals surface area contributed by atoms with Crippen LogP contribution in [0, 0.1) is 0 Å². The van der Waals surface area contributed by atoms with Gasteiger partial charge in [-0.2, -0.15) is 5.26 Å². The Morgan fingerprint density at radius 2 is 0.724 bits per heavy atom. The largest absolute Gasteiger partial charge is 0.342 e. The molecule has 0 rings (SSSR count). The Bertz CT molecular complexity index is 286. The van der Waals surface area contributed by atoms with Gasteiger partial charge in [0.25, 0.3) is 0 Å². The lowest BCUT2D eigenvalue weighted by atomic mass is 10.0. The molecule has 0 fully saturated rings. The second-order valence-electron chi connectivity index (χ2n) is 8.58. The zero-order valence-electron chi connectivity index (χ0n) is 20.3. The van der Waals surface area contributed by atoms with Gasteiger partial charge in [0, 0.05) is 6.42 Å². The summed E-state index contributed by atoms with van der Waals surface area (Å²) < 4.78 is 0. The van der Waals surface area contributed by atoms with Crippen molar-refractivity contribution in [1.29, 1.82) is 0 Å². The van der Waals surface area contributed by atoms with Crippen molar-refractivity contribution in [2.24, 2.45) is 0 Å². The molecule has 0 saturated heterocycles. The predicted octanol–water partition coefficient (Wildman–Crippen LogP) is 9.63. The quantitative estimate of drug-likeness (QED) is 0.115. The molecule has 0 amide bonds. The molecule has 0 aliphatic carbocycles. The molecule has 0 atom stereocenters. The van der Waals surface area contributed by atoms with E-state index in [4.69, 9.17) is 5.26 Å². The standard InChI is InChI=1S/C18H36O3.C8H18/c1-2-3-4-5-6-7-8-9-10-11-12-13-14-15-16-17-18(19)21-20;1-3-5-7-8-6-4-2/h20H,2-17H2,1H3;3-8H2,1-2H3. The molecular formula is C26H54O3. The number of rotatable bonds is 21. The van der Waals surface area contributed by atoms with E-state index < -0.39 is 5.97 Å². The second-order valence-corrected chi connectivity index (χ2v) is 8.58. The van der Waals surface area contributed by atoms with Crippen LogP contribution >= 0.6 is 0 Å².